The Kier molecular flexibility index (Phi) is 4.25. The Morgan fingerprint density at radius 2 is 2.04 bits per heavy atom. The van der Waals surface area contributed by atoms with Crippen LogP contribution < -0.4 is 10.6 Å². The van der Waals surface area contributed by atoms with Gasteiger partial charge in [-0.1, -0.05) is 18.2 Å². The largest absolute Gasteiger partial charge is 0.355 e. The molecule has 0 fully saturated rings. The highest BCUT2D eigenvalue weighted by atomic mass is 32.1. The van der Waals surface area contributed by atoms with Gasteiger partial charge >= 0.3 is 0 Å². The van der Waals surface area contributed by atoms with E-state index in [0.717, 1.165) is 16.9 Å². The van der Waals surface area contributed by atoms with Crippen LogP contribution in [-0.4, -0.2) is 14.7 Å². The first-order valence-electron chi connectivity index (χ1n) is 7.26. The van der Waals surface area contributed by atoms with Crippen molar-refractivity contribution in [2.24, 2.45) is 7.05 Å². The molecular formula is C17H17FN4S. The van der Waals surface area contributed by atoms with Crippen LogP contribution in [0.15, 0.2) is 42.5 Å². The predicted molar refractivity (Wildman–Crippen MR) is 94.9 cm³/mol. The summed E-state index contributed by atoms with van der Waals surface area (Å²) in [4.78, 5) is 4.57. The number of nitrogens with one attached hydrogen (secondary N) is 2. The van der Waals surface area contributed by atoms with E-state index in [1.54, 1.807) is 19.1 Å². The second-order valence-electron chi connectivity index (χ2n) is 5.35. The van der Waals surface area contributed by atoms with Crippen molar-refractivity contribution in [3.8, 4) is 0 Å². The molecule has 0 aliphatic heterocycles. The molecule has 2 aromatic carbocycles. The molecule has 118 valence electrons. The first kappa shape index (κ1) is 15.4. The molecule has 0 spiro atoms. The van der Waals surface area contributed by atoms with Crippen molar-refractivity contribution in [1.29, 1.82) is 0 Å². The van der Waals surface area contributed by atoms with Crippen LogP contribution in [0.25, 0.3) is 11.0 Å². The summed E-state index contributed by atoms with van der Waals surface area (Å²) in [5, 5.41) is 6.51. The minimum Gasteiger partial charge on any atom is -0.355 e. The smallest absolute Gasteiger partial charge is 0.171 e. The van der Waals surface area contributed by atoms with Crippen molar-refractivity contribution in [3.05, 3.63) is 59.7 Å². The number of aromatic nitrogens is 2. The molecule has 0 radical (unpaired) electrons. The molecule has 0 aliphatic rings. The number of thiocarbonyl (C=S) groups is 1. The van der Waals surface area contributed by atoms with E-state index in [1.807, 2.05) is 35.9 Å². The molecule has 0 amide bonds. The molecule has 6 heteroatoms. The number of para-hydroxylation sites is 2. The summed E-state index contributed by atoms with van der Waals surface area (Å²) in [5.74, 6) is 0.624. The molecule has 2 N–H and O–H groups in total. The molecular weight excluding hydrogens is 311 g/mol. The number of hydrogen-bond donors (Lipinski definition) is 2. The third kappa shape index (κ3) is 3.32. The maximum atomic E-state index is 13.5. The van der Waals surface area contributed by atoms with Crippen molar-refractivity contribution in [2.75, 3.05) is 5.32 Å². The van der Waals surface area contributed by atoms with Crippen LogP contribution in [0.2, 0.25) is 0 Å². The molecule has 1 aromatic heterocycles. The van der Waals surface area contributed by atoms with Crippen molar-refractivity contribution < 1.29 is 4.39 Å². The number of hydrogen-bond acceptors (Lipinski definition) is 2. The van der Waals surface area contributed by atoms with Crippen LogP contribution in [0.1, 0.15) is 11.4 Å². The van der Waals surface area contributed by atoms with Gasteiger partial charge in [-0.25, -0.2) is 9.37 Å². The average Bonchev–Trinajstić information content (AvgIpc) is 2.86. The standard InChI is InChI=1S/C17H17FN4S/c1-11-7-8-12(9-13(11)18)20-17(23)19-10-16-21-14-5-3-4-6-15(14)22(16)2/h3-9H,10H2,1-2H3,(H2,19,20,23). The number of benzene rings is 2. The highest BCUT2D eigenvalue weighted by molar-refractivity contribution is 7.80. The summed E-state index contributed by atoms with van der Waals surface area (Å²) >= 11 is 5.25. The number of imidazole rings is 1. The fraction of sp³-hybridized carbons (Fsp3) is 0.176. The second kappa shape index (κ2) is 6.34. The van der Waals surface area contributed by atoms with E-state index in [1.165, 1.54) is 6.07 Å². The summed E-state index contributed by atoms with van der Waals surface area (Å²) in [5.41, 5.74) is 3.25. The number of aryl methyl sites for hydroxylation is 2. The minimum atomic E-state index is -0.256. The summed E-state index contributed by atoms with van der Waals surface area (Å²) in [6.07, 6.45) is 0. The highest BCUT2D eigenvalue weighted by Gasteiger charge is 2.07. The van der Waals surface area contributed by atoms with E-state index in [0.29, 0.717) is 22.9 Å². The third-order valence-corrected chi connectivity index (χ3v) is 3.96. The van der Waals surface area contributed by atoms with E-state index in [4.69, 9.17) is 12.2 Å². The number of halogens is 1. The molecule has 0 saturated carbocycles. The summed E-state index contributed by atoms with van der Waals surface area (Å²) in [7, 11) is 1.97. The first-order chi connectivity index (χ1) is 11.0. The van der Waals surface area contributed by atoms with Crippen molar-refractivity contribution in [2.45, 2.75) is 13.5 Å². The molecule has 23 heavy (non-hydrogen) atoms. The maximum absolute atomic E-state index is 13.5. The quantitative estimate of drug-likeness (QED) is 0.722. The summed E-state index contributed by atoms with van der Waals surface area (Å²) < 4.78 is 15.6. The Hall–Kier alpha value is -2.47. The Morgan fingerprint density at radius 1 is 1.26 bits per heavy atom. The lowest BCUT2D eigenvalue weighted by molar-refractivity contribution is 0.619. The summed E-state index contributed by atoms with van der Waals surface area (Å²) in [6, 6.07) is 12.9. The SMILES string of the molecule is Cc1ccc(NC(=S)NCc2nc3ccccc3n2C)cc1F. The van der Waals surface area contributed by atoms with Gasteiger partial charge in [0.25, 0.3) is 0 Å². The van der Waals surface area contributed by atoms with E-state index in [9.17, 15) is 4.39 Å². The molecule has 3 aromatic rings. The van der Waals surface area contributed by atoms with Crippen LogP contribution in [0.3, 0.4) is 0 Å². The Bertz CT molecular complexity index is 872. The zero-order valence-corrected chi connectivity index (χ0v) is 13.7. The van der Waals surface area contributed by atoms with Gasteiger partial charge in [0.15, 0.2) is 5.11 Å². The third-order valence-electron chi connectivity index (χ3n) is 3.72. The van der Waals surface area contributed by atoms with Gasteiger partial charge in [-0.05, 0) is 49.0 Å². The van der Waals surface area contributed by atoms with Gasteiger partial charge in [0.2, 0.25) is 0 Å². The highest BCUT2D eigenvalue weighted by Crippen LogP contribution is 2.15. The molecule has 4 nitrogen and oxygen atoms in total. The van der Waals surface area contributed by atoms with E-state index >= 15 is 0 Å². The van der Waals surface area contributed by atoms with E-state index in [-0.39, 0.29) is 5.82 Å². The molecule has 0 atom stereocenters. The van der Waals surface area contributed by atoms with Gasteiger partial charge in [-0.15, -0.1) is 0 Å². The fourth-order valence-electron chi connectivity index (χ4n) is 2.36. The van der Waals surface area contributed by atoms with Gasteiger partial charge in [-0.3, -0.25) is 0 Å². The van der Waals surface area contributed by atoms with E-state index in [2.05, 4.69) is 15.6 Å². The second-order valence-corrected chi connectivity index (χ2v) is 5.76. The average molecular weight is 328 g/mol. The van der Waals surface area contributed by atoms with Crippen LogP contribution in [-0.2, 0) is 13.6 Å². The Labute approximate surface area is 139 Å². The lowest BCUT2D eigenvalue weighted by atomic mass is 10.2. The number of anilines is 1. The fourth-order valence-corrected chi connectivity index (χ4v) is 2.55. The molecule has 0 aliphatic carbocycles. The lowest BCUT2D eigenvalue weighted by Gasteiger charge is -2.11. The normalized spacial score (nSPS) is 10.7. The summed E-state index contributed by atoms with van der Waals surface area (Å²) in [6.45, 7) is 2.22. The Balaban J connectivity index is 1.66. The first-order valence-corrected chi connectivity index (χ1v) is 7.67. The number of rotatable bonds is 3. The van der Waals surface area contributed by atoms with Gasteiger partial charge < -0.3 is 15.2 Å². The minimum absolute atomic E-state index is 0.256. The monoisotopic (exact) mass is 328 g/mol. The van der Waals surface area contributed by atoms with Gasteiger partial charge in [0.05, 0.1) is 17.6 Å². The van der Waals surface area contributed by atoms with Crippen molar-refractivity contribution in [3.63, 3.8) is 0 Å². The molecule has 3 rings (SSSR count). The molecule has 0 unspecified atom stereocenters. The molecule has 0 saturated heterocycles. The van der Waals surface area contributed by atoms with Crippen LogP contribution in [0.4, 0.5) is 10.1 Å². The van der Waals surface area contributed by atoms with Crippen molar-refractivity contribution in [1.82, 2.24) is 14.9 Å². The topological polar surface area (TPSA) is 41.9 Å². The molecule has 0 bridgehead atoms. The van der Waals surface area contributed by atoms with Crippen LogP contribution in [0, 0.1) is 12.7 Å². The van der Waals surface area contributed by atoms with Gasteiger partial charge in [0.1, 0.15) is 11.6 Å². The zero-order valence-electron chi connectivity index (χ0n) is 12.9. The van der Waals surface area contributed by atoms with Gasteiger partial charge in [0, 0.05) is 12.7 Å². The number of fused-ring (bicyclic) bond motifs is 1. The van der Waals surface area contributed by atoms with Crippen LogP contribution in [0.5, 0.6) is 0 Å². The van der Waals surface area contributed by atoms with Crippen molar-refractivity contribution >= 4 is 34.1 Å². The lowest BCUT2D eigenvalue weighted by Crippen LogP contribution is -2.29. The van der Waals surface area contributed by atoms with Gasteiger partial charge in [-0.2, -0.15) is 0 Å². The van der Waals surface area contributed by atoms with E-state index < -0.39 is 0 Å². The molecule has 1 heterocycles. The van der Waals surface area contributed by atoms with Crippen LogP contribution >= 0.6 is 12.2 Å². The Morgan fingerprint density at radius 3 is 2.78 bits per heavy atom. The zero-order chi connectivity index (χ0) is 16.4. The predicted octanol–water partition coefficient (Wildman–Crippen LogP) is 3.51. The maximum Gasteiger partial charge on any atom is 0.171 e. The number of nitrogens with zero attached hydrogens (tertiary/aromatic N) is 2.